The average Bonchev–Trinajstić information content (AvgIpc) is 2.58. The second kappa shape index (κ2) is 6.39. The van der Waals surface area contributed by atoms with E-state index in [9.17, 15) is 9.18 Å². The second-order valence-corrected chi connectivity index (χ2v) is 8.39. The van der Waals surface area contributed by atoms with E-state index in [4.69, 9.17) is 4.74 Å². The normalized spacial score (nSPS) is 16.5. The quantitative estimate of drug-likeness (QED) is 0.628. The molecule has 2 aromatic carbocycles. The largest absolute Gasteiger partial charge is 0.483 e. The smallest absolute Gasteiger partial charge is 0.201 e. The maximum absolute atomic E-state index is 14.8. The number of halogens is 1. The third kappa shape index (κ3) is 3.72. The van der Waals surface area contributed by atoms with Crippen molar-refractivity contribution in [1.82, 2.24) is 0 Å². The molecule has 136 valence electrons. The van der Waals surface area contributed by atoms with E-state index in [-0.39, 0.29) is 11.0 Å². The first kappa shape index (κ1) is 18.4. The number of rotatable bonds is 3. The van der Waals surface area contributed by atoms with Crippen LogP contribution in [0.25, 0.3) is 6.08 Å². The Kier molecular flexibility index (Phi) is 4.51. The van der Waals surface area contributed by atoms with Crippen molar-refractivity contribution in [2.45, 2.75) is 51.8 Å². The summed E-state index contributed by atoms with van der Waals surface area (Å²) in [6.45, 7) is 10.2. The molecule has 0 aliphatic carbocycles. The molecule has 0 amide bonds. The summed E-state index contributed by atoms with van der Waals surface area (Å²) in [5.41, 5.74) is 2.26. The predicted octanol–water partition coefficient (Wildman–Crippen LogP) is 6.06. The highest BCUT2D eigenvalue weighted by Crippen LogP contribution is 2.33. The van der Waals surface area contributed by atoms with E-state index in [2.05, 4.69) is 20.8 Å². The number of carbonyl (C=O) groups excluding carboxylic acids is 1. The van der Waals surface area contributed by atoms with Gasteiger partial charge < -0.3 is 4.74 Å². The number of hydrogen-bond acceptors (Lipinski definition) is 2. The molecule has 1 unspecified atom stereocenters. The van der Waals surface area contributed by atoms with Crippen molar-refractivity contribution in [1.29, 1.82) is 0 Å². The lowest BCUT2D eigenvalue weighted by molar-refractivity contribution is 0.0877. The molecule has 2 aromatic rings. The lowest BCUT2D eigenvalue weighted by Crippen LogP contribution is -2.27. The van der Waals surface area contributed by atoms with Gasteiger partial charge in [0, 0.05) is 11.1 Å². The molecule has 3 heteroatoms. The Hall–Kier alpha value is -2.42. The maximum atomic E-state index is 14.8. The van der Waals surface area contributed by atoms with Crippen LogP contribution in [0.15, 0.2) is 48.5 Å². The van der Waals surface area contributed by atoms with Crippen LogP contribution < -0.4 is 4.74 Å². The zero-order chi connectivity index (χ0) is 19.1. The molecular weight excluding hydrogens is 326 g/mol. The molecule has 1 aliphatic rings. The van der Waals surface area contributed by atoms with E-state index >= 15 is 0 Å². The summed E-state index contributed by atoms with van der Waals surface area (Å²) < 4.78 is 20.7. The molecule has 3 rings (SSSR count). The molecule has 1 heterocycles. The molecule has 1 aliphatic heterocycles. The first-order valence-electron chi connectivity index (χ1n) is 8.88. The van der Waals surface area contributed by atoms with Gasteiger partial charge in [0.15, 0.2) is 6.17 Å². The number of fused-ring (bicyclic) bond motifs is 1. The maximum Gasteiger partial charge on any atom is 0.201 e. The van der Waals surface area contributed by atoms with Crippen molar-refractivity contribution in [2.75, 3.05) is 0 Å². The van der Waals surface area contributed by atoms with Gasteiger partial charge in [-0.15, -0.1) is 0 Å². The molecule has 26 heavy (non-hydrogen) atoms. The fourth-order valence-corrected chi connectivity index (χ4v) is 2.98. The molecular formula is C23H25FO2. The van der Waals surface area contributed by atoms with Crippen molar-refractivity contribution in [2.24, 2.45) is 0 Å². The van der Waals surface area contributed by atoms with Crippen LogP contribution in [-0.4, -0.2) is 11.4 Å². The Balaban J connectivity index is 1.83. The third-order valence-electron chi connectivity index (χ3n) is 4.63. The van der Waals surface area contributed by atoms with E-state index in [0.29, 0.717) is 16.9 Å². The number of benzene rings is 2. The highest BCUT2D eigenvalue weighted by atomic mass is 18.2. The van der Waals surface area contributed by atoms with Crippen LogP contribution in [0.2, 0.25) is 0 Å². The van der Waals surface area contributed by atoms with Crippen LogP contribution in [0, 0.1) is 0 Å². The van der Waals surface area contributed by atoms with Crippen molar-refractivity contribution < 1.29 is 13.9 Å². The number of hydrogen-bond donors (Lipinski definition) is 0. The van der Waals surface area contributed by atoms with Gasteiger partial charge in [0.05, 0.1) is 0 Å². The lowest BCUT2D eigenvalue weighted by Gasteiger charge is -2.28. The number of Topliss-reactive ketones (excluding diaryl/α,β-unsaturated/α-hetero) is 1. The molecule has 0 fully saturated rings. The molecule has 0 saturated carbocycles. The second-order valence-electron chi connectivity index (χ2n) is 8.39. The van der Waals surface area contributed by atoms with Crippen molar-refractivity contribution in [3.63, 3.8) is 0 Å². The van der Waals surface area contributed by atoms with Crippen molar-refractivity contribution in [3.8, 4) is 5.75 Å². The van der Waals surface area contributed by atoms with Crippen LogP contribution in [0.4, 0.5) is 4.39 Å². The van der Waals surface area contributed by atoms with Gasteiger partial charge in [-0.3, -0.25) is 4.79 Å². The summed E-state index contributed by atoms with van der Waals surface area (Å²) in [5.74, 6) is 0.175. The van der Waals surface area contributed by atoms with Gasteiger partial charge in [0.25, 0.3) is 0 Å². The van der Waals surface area contributed by atoms with E-state index in [0.717, 1.165) is 11.1 Å². The van der Waals surface area contributed by atoms with Crippen molar-refractivity contribution >= 4 is 11.9 Å². The zero-order valence-electron chi connectivity index (χ0n) is 16.0. The van der Waals surface area contributed by atoms with E-state index in [1.807, 2.05) is 38.1 Å². The van der Waals surface area contributed by atoms with Crippen LogP contribution in [0.1, 0.15) is 67.8 Å². The number of ether oxygens (including phenoxy) is 1. The summed E-state index contributed by atoms with van der Waals surface area (Å²) in [6, 6.07) is 12.2. The van der Waals surface area contributed by atoms with Gasteiger partial charge in [-0.1, -0.05) is 51.1 Å². The minimum absolute atomic E-state index is 0.00699. The van der Waals surface area contributed by atoms with Gasteiger partial charge in [0.1, 0.15) is 11.4 Å². The SMILES string of the molecule is CC1(C)C=Cc2cc(C(=O)C([18F])c3ccc(C(C)(C)C)cc3)ccc2O1. The highest BCUT2D eigenvalue weighted by molar-refractivity contribution is 6.00. The van der Waals surface area contributed by atoms with Crippen LogP contribution >= 0.6 is 0 Å². The van der Waals surface area contributed by atoms with Crippen LogP contribution in [0.3, 0.4) is 0 Å². The zero-order valence-corrected chi connectivity index (χ0v) is 16.0. The summed E-state index contributed by atoms with van der Waals surface area (Å²) in [7, 11) is 0. The van der Waals surface area contributed by atoms with Gasteiger partial charge in [0.2, 0.25) is 5.78 Å². The van der Waals surface area contributed by atoms with Crippen LogP contribution in [-0.2, 0) is 5.41 Å². The van der Waals surface area contributed by atoms with E-state index in [1.54, 1.807) is 30.3 Å². The Morgan fingerprint density at radius 1 is 1.08 bits per heavy atom. The molecule has 0 saturated heterocycles. The minimum atomic E-state index is -1.67. The molecule has 0 aromatic heterocycles. The highest BCUT2D eigenvalue weighted by Gasteiger charge is 2.25. The Labute approximate surface area is 154 Å². The lowest BCUT2D eigenvalue weighted by atomic mass is 9.86. The van der Waals surface area contributed by atoms with Crippen molar-refractivity contribution in [3.05, 3.63) is 70.8 Å². The predicted molar refractivity (Wildman–Crippen MR) is 104 cm³/mol. The Morgan fingerprint density at radius 3 is 2.35 bits per heavy atom. The fourth-order valence-electron chi connectivity index (χ4n) is 2.98. The molecule has 0 radical (unpaired) electrons. The van der Waals surface area contributed by atoms with Gasteiger partial charge >= 0.3 is 0 Å². The third-order valence-corrected chi connectivity index (χ3v) is 4.63. The molecule has 0 spiro atoms. The van der Waals surface area contributed by atoms with E-state index in [1.165, 1.54) is 0 Å². The summed E-state index contributed by atoms with van der Waals surface area (Å²) in [5, 5.41) is 0. The Bertz CT molecular complexity index is 855. The number of alkyl halides is 1. The molecule has 0 N–H and O–H groups in total. The number of ketones is 1. The summed E-state index contributed by atoms with van der Waals surface area (Å²) >= 11 is 0. The molecule has 0 bridgehead atoms. The number of carbonyl (C=O) groups is 1. The average molecular weight is 351 g/mol. The standard InChI is InChI=1S/C23H25FO2/c1-22(2,3)18-9-6-15(7-10-18)20(24)21(25)17-8-11-19-16(14-17)12-13-23(4,5)26-19/h6-14,20H,1-5H3/i24-1. The van der Waals surface area contributed by atoms with Crippen LogP contribution in [0.5, 0.6) is 5.75 Å². The first-order valence-corrected chi connectivity index (χ1v) is 8.88. The molecule has 2 nitrogen and oxygen atoms in total. The topological polar surface area (TPSA) is 26.3 Å². The molecule has 1 atom stereocenters. The first-order chi connectivity index (χ1) is 12.1. The minimum Gasteiger partial charge on any atom is -0.483 e. The van der Waals surface area contributed by atoms with Gasteiger partial charge in [-0.2, -0.15) is 0 Å². The fraction of sp³-hybridized carbons (Fsp3) is 0.348. The Morgan fingerprint density at radius 2 is 1.73 bits per heavy atom. The monoisotopic (exact) mass is 351 g/mol. The summed E-state index contributed by atoms with van der Waals surface area (Å²) in [6.07, 6.45) is 2.18. The van der Waals surface area contributed by atoms with Gasteiger partial charge in [-0.25, -0.2) is 4.39 Å². The van der Waals surface area contributed by atoms with E-state index < -0.39 is 12.0 Å². The van der Waals surface area contributed by atoms with Gasteiger partial charge in [-0.05, 0) is 54.7 Å². The summed E-state index contributed by atoms with van der Waals surface area (Å²) in [4.78, 5) is 12.6.